The maximum atomic E-state index is 12.0. The fourth-order valence-corrected chi connectivity index (χ4v) is 3.11. The minimum Gasteiger partial charge on any atom is -0.388 e. The number of para-hydroxylation sites is 1. The second-order valence-electron chi connectivity index (χ2n) is 4.97. The Hall–Kier alpha value is -2.11. The molecular formula is C17H16N2O2S. The van der Waals surface area contributed by atoms with Crippen LogP contribution in [-0.2, 0) is 5.75 Å². The summed E-state index contributed by atoms with van der Waals surface area (Å²) in [5.41, 5.74) is 1.48. The van der Waals surface area contributed by atoms with Crippen LogP contribution in [0.1, 0.15) is 17.5 Å². The molecule has 0 spiro atoms. The van der Waals surface area contributed by atoms with Crippen LogP contribution in [0.4, 0.5) is 0 Å². The highest BCUT2D eigenvalue weighted by molar-refractivity contribution is 7.98. The molecule has 2 N–H and O–H groups in total. The molecule has 0 unspecified atom stereocenters. The van der Waals surface area contributed by atoms with Crippen molar-refractivity contribution in [2.24, 2.45) is 0 Å². The lowest BCUT2D eigenvalue weighted by atomic mass is 10.1. The standard InChI is InChI=1S/C17H16N2O2S/c20-15(12-6-2-1-3-7-12)10-22-11-16-18-14-9-5-4-8-13(14)17(21)19-16/h1-9,15,20H,10-11H2,(H,18,19,21)/t15-/m1/s1. The minimum atomic E-state index is -0.515. The van der Waals surface area contributed by atoms with Crippen molar-refractivity contribution >= 4 is 22.7 Å². The number of aliphatic hydroxyl groups excluding tert-OH is 1. The number of rotatable bonds is 5. The summed E-state index contributed by atoms with van der Waals surface area (Å²) in [6, 6.07) is 16.8. The third-order valence-corrected chi connectivity index (χ3v) is 4.39. The first-order chi connectivity index (χ1) is 10.7. The van der Waals surface area contributed by atoms with Crippen LogP contribution in [0.2, 0.25) is 0 Å². The first kappa shape index (κ1) is 14.8. The molecular weight excluding hydrogens is 296 g/mol. The number of thioether (sulfide) groups is 1. The van der Waals surface area contributed by atoms with Crippen LogP contribution in [-0.4, -0.2) is 20.8 Å². The Bertz CT molecular complexity index is 818. The topological polar surface area (TPSA) is 66.0 Å². The summed E-state index contributed by atoms with van der Waals surface area (Å²) in [4.78, 5) is 19.2. The predicted octanol–water partition coefficient (Wildman–Crippen LogP) is 2.89. The van der Waals surface area contributed by atoms with Gasteiger partial charge in [-0.1, -0.05) is 42.5 Å². The van der Waals surface area contributed by atoms with Crippen molar-refractivity contribution in [2.75, 3.05) is 5.75 Å². The zero-order chi connectivity index (χ0) is 15.4. The van der Waals surface area contributed by atoms with E-state index in [9.17, 15) is 9.90 Å². The molecule has 4 nitrogen and oxygen atoms in total. The Kier molecular flexibility index (Phi) is 4.56. The minimum absolute atomic E-state index is 0.121. The van der Waals surface area contributed by atoms with E-state index in [4.69, 9.17) is 0 Å². The Morgan fingerprint density at radius 3 is 2.64 bits per heavy atom. The van der Waals surface area contributed by atoms with Crippen molar-refractivity contribution in [1.29, 1.82) is 0 Å². The van der Waals surface area contributed by atoms with Crippen LogP contribution >= 0.6 is 11.8 Å². The van der Waals surface area contributed by atoms with Crippen LogP contribution in [0, 0.1) is 0 Å². The Morgan fingerprint density at radius 2 is 1.82 bits per heavy atom. The van der Waals surface area contributed by atoms with Crippen LogP contribution in [0.15, 0.2) is 59.4 Å². The third kappa shape index (κ3) is 3.37. The number of nitrogens with zero attached hydrogens (tertiary/aromatic N) is 1. The smallest absolute Gasteiger partial charge is 0.258 e. The van der Waals surface area contributed by atoms with Gasteiger partial charge in [-0.25, -0.2) is 4.98 Å². The molecule has 0 aliphatic carbocycles. The molecule has 0 radical (unpaired) electrons. The van der Waals surface area contributed by atoms with Crippen LogP contribution < -0.4 is 5.56 Å². The molecule has 5 heteroatoms. The summed E-state index contributed by atoms with van der Waals surface area (Å²) in [7, 11) is 0. The van der Waals surface area contributed by atoms with E-state index < -0.39 is 6.10 Å². The molecule has 112 valence electrons. The number of aromatic nitrogens is 2. The van der Waals surface area contributed by atoms with Gasteiger partial charge in [-0.15, -0.1) is 0 Å². The molecule has 22 heavy (non-hydrogen) atoms. The van der Waals surface area contributed by atoms with Crippen molar-refractivity contribution in [3.05, 3.63) is 76.3 Å². The number of hydrogen-bond donors (Lipinski definition) is 2. The van der Waals surface area contributed by atoms with Crippen molar-refractivity contribution in [1.82, 2.24) is 9.97 Å². The van der Waals surface area contributed by atoms with Crippen molar-refractivity contribution in [3.8, 4) is 0 Å². The van der Waals surface area contributed by atoms with E-state index in [2.05, 4.69) is 9.97 Å². The summed E-state index contributed by atoms with van der Waals surface area (Å²) in [6.45, 7) is 0. The number of fused-ring (bicyclic) bond motifs is 1. The van der Waals surface area contributed by atoms with Gasteiger partial charge in [0.25, 0.3) is 5.56 Å². The zero-order valence-corrected chi connectivity index (χ0v) is 12.7. The van der Waals surface area contributed by atoms with Crippen molar-refractivity contribution in [3.63, 3.8) is 0 Å². The molecule has 0 amide bonds. The normalized spacial score (nSPS) is 12.4. The van der Waals surface area contributed by atoms with E-state index in [0.717, 1.165) is 5.56 Å². The van der Waals surface area contributed by atoms with Gasteiger partial charge >= 0.3 is 0 Å². The Balaban J connectivity index is 1.66. The second kappa shape index (κ2) is 6.77. The molecule has 0 fully saturated rings. The highest BCUT2D eigenvalue weighted by Gasteiger charge is 2.08. The molecule has 0 bridgehead atoms. The van der Waals surface area contributed by atoms with Crippen molar-refractivity contribution < 1.29 is 5.11 Å². The summed E-state index contributed by atoms with van der Waals surface area (Å²) in [5, 5.41) is 10.7. The fourth-order valence-electron chi connectivity index (χ4n) is 2.24. The van der Waals surface area contributed by atoms with E-state index in [-0.39, 0.29) is 5.56 Å². The molecule has 0 saturated heterocycles. The predicted molar refractivity (Wildman–Crippen MR) is 89.9 cm³/mol. The number of nitrogens with one attached hydrogen (secondary N) is 1. The van der Waals surface area contributed by atoms with E-state index in [0.29, 0.717) is 28.2 Å². The van der Waals surface area contributed by atoms with Crippen LogP contribution in [0.25, 0.3) is 10.9 Å². The fraction of sp³-hybridized carbons (Fsp3) is 0.176. The van der Waals surface area contributed by atoms with Gasteiger partial charge in [-0.3, -0.25) is 4.79 Å². The van der Waals surface area contributed by atoms with E-state index in [1.54, 1.807) is 17.8 Å². The number of H-pyrrole nitrogens is 1. The largest absolute Gasteiger partial charge is 0.388 e. The lowest BCUT2D eigenvalue weighted by Crippen LogP contribution is -2.11. The molecule has 0 aliphatic heterocycles. The van der Waals surface area contributed by atoms with Gasteiger partial charge in [0.1, 0.15) is 5.82 Å². The Morgan fingerprint density at radius 1 is 1.09 bits per heavy atom. The first-order valence-corrected chi connectivity index (χ1v) is 8.18. The monoisotopic (exact) mass is 312 g/mol. The van der Waals surface area contributed by atoms with Gasteiger partial charge in [0, 0.05) is 5.75 Å². The Labute approximate surface area is 132 Å². The van der Waals surface area contributed by atoms with E-state index in [1.165, 1.54) is 0 Å². The van der Waals surface area contributed by atoms with Gasteiger partial charge in [-0.05, 0) is 17.7 Å². The molecule has 0 saturated carbocycles. The summed E-state index contributed by atoms with van der Waals surface area (Å²) >= 11 is 1.54. The second-order valence-corrected chi connectivity index (χ2v) is 6.00. The van der Waals surface area contributed by atoms with Crippen LogP contribution in [0.5, 0.6) is 0 Å². The van der Waals surface area contributed by atoms with Gasteiger partial charge in [0.05, 0.1) is 22.8 Å². The molecule has 1 aromatic heterocycles. The average molecular weight is 312 g/mol. The summed E-state index contributed by atoms with van der Waals surface area (Å²) < 4.78 is 0. The molecule has 1 heterocycles. The van der Waals surface area contributed by atoms with Gasteiger partial charge < -0.3 is 10.1 Å². The number of benzene rings is 2. The highest BCUT2D eigenvalue weighted by atomic mass is 32.2. The molecule has 2 aromatic carbocycles. The summed E-state index contributed by atoms with van der Waals surface area (Å²) in [6.07, 6.45) is -0.515. The summed E-state index contributed by atoms with van der Waals surface area (Å²) in [5.74, 6) is 1.75. The lowest BCUT2D eigenvalue weighted by molar-refractivity contribution is 0.204. The highest BCUT2D eigenvalue weighted by Crippen LogP contribution is 2.20. The number of hydrogen-bond acceptors (Lipinski definition) is 4. The quantitative estimate of drug-likeness (QED) is 0.760. The molecule has 1 atom stereocenters. The number of aromatic amines is 1. The van der Waals surface area contributed by atoms with Crippen molar-refractivity contribution in [2.45, 2.75) is 11.9 Å². The van der Waals surface area contributed by atoms with Crippen LogP contribution in [0.3, 0.4) is 0 Å². The van der Waals surface area contributed by atoms with Gasteiger partial charge in [0.2, 0.25) is 0 Å². The maximum Gasteiger partial charge on any atom is 0.258 e. The maximum absolute atomic E-state index is 12.0. The molecule has 3 rings (SSSR count). The first-order valence-electron chi connectivity index (χ1n) is 7.03. The average Bonchev–Trinajstić information content (AvgIpc) is 2.56. The lowest BCUT2D eigenvalue weighted by Gasteiger charge is -2.10. The third-order valence-electron chi connectivity index (χ3n) is 3.36. The van der Waals surface area contributed by atoms with E-state index in [1.807, 2.05) is 48.5 Å². The molecule has 3 aromatic rings. The SMILES string of the molecule is O=c1[nH]c(CSC[C@@H](O)c2ccccc2)nc2ccccc12. The number of aliphatic hydroxyl groups is 1. The van der Waals surface area contributed by atoms with Gasteiger partial charge in [-0.2, -0.15) is 11.8 Å². The van der Waals surface area contributed by atoms with Gasteiger partial charge in [0.15, 0.2) is 0 Å². The molecule has 0 aliphatic rings. The zero-order valence-electron chi connectivity index (χ0n) is 11.9. The van der Waals surface area contributed by atoms with E-state index >= 15 is 0 Å².